The summed E-state index contributed by atoms with van der Waals surface area (Å²) in [5, 5.41) is 12.5. The maximum absolute atomic E-state index is 11.5. The third-order valence-electron chi connectivity index (χ3n) is 3.63. The van der Waals surface area contributed by atoms with Crippen LogP contribution in [0.4, 0.5) is 0 Å². The van der Waals surface area contributed by atoms with Gasteiger partial charge in [-0.05, 0) is 18.4 Å². The molecule has 1 aliphatic heterocycles. The van der Waals surface area contributed by atoms with Gasteiger partial charge in [0.05, 0.1) is 11.2 Å². The van der Waals surface area contributed by atoms with Crippen LogP contribution in [0, 0.1) is 0 Å². The summed E-state index contributed by atoms with van der Waals surface area (Å²) in [6, 6.07) is 3.80. The molecule has 0 bridgehead atoms. The second kappa shape index (κ2) is 4.79. The normalized spacial score (nSPS) is 21.1. The van der Waals surface area contributed by atoms with Crippen LogP contribution in [0.15, 0.2) is 23.4 Å². The highest BCUT2D eigenvalue weighted by atomic mass is 32.2. The van der Waals surface area contributed by atoms with E-state index in [0.717, 1.165) is 15.9 Å². The van der Waals surface area contributed by atoms with Crippen LogP contribution in [0.5, 0.6) is 0 Å². The molecular formula is C14H16N2O3S. The van der Waals surface area contributed by atoms with Crippen molar-refractivity contribution in [2.45, 2.75) is 37.1 Å². The van der Waals surface area contributed by atoms with Gasteiger partial charge in [-0.2, -0.15) is 0 Å². The van der Waals surface area contributed by atoms with Gasteiger partial charge in [0.15, 0.2) is 0 Å². The fourth-order valence-electron chi connectivity index (χ4n) is 2.64. The smallest absolute Gasteiger partial charge is 0.308 e. The van der Waals surface area contributed by atoms with E-state index in [0.29, 0.717) is 18.7 Å². The lowest BCUT2D eigenvalue weighted by atomic mass is 10.1. The quantitative estimate of drug-likeness (QED) is 0.534. The molecule has 1 N–H and O–H groups in total. The van der Waals surface area contributed by atoms with E-state index in [1.807, 2.05) is 23.0 Å². The van der Waals surface area contributed by atoms with Crippen molar-refractivity contribution in [1.82, 2.24) is 9.55 Å². The van der Waals surface area contributed by atoms with Gasteiger partial charge in [-0.25, -0.2) is 4.98 Å². The number of rotatable bonds is 3. The van der Waals surface area contributed by atoms with E-state index in [1.165, 1.54) is 0 Å². The van der Waals surface area contributed by atoms with E-state index in [2.05, 4.69) is 4.98 Å². The minimum atomic E-state index is -1.51. The van der Waals surface area contributed by atoms with Crippen molar-refractivity contribution in [3.8, 4) is 0 Å². The number of aliphatic hydroxyl groups is 1. The molecule has 2 aromatic heterocycles. The number of hydrogen-bond acceptors (Lipinski definition) is 5. The van der Waals surface area contributed by atoms with E-state index >= 15 is 0 Å². The Kier molecular flexibility index (Phi) is 3.22. The fourth-order valence-corrected chi connectivity index (χ4v) is 3.19. The van der Waals surface area contributed by atoms with Crippen LogP contribution in [-0.2, 0) is 21.9 Å². The highest BCUT2D eigenvalue weighted by molar-refractivity contribution is 7.98. The van der Waals surface area contributed by atoms with E-state index in [-0.39, 0.29) is 6.42 Å². The number of hydrogen-bond donors (Lipinski definition) is 1. The van der Waals surface area contributed by atoms with Crippen LogP contribution in [0.25, 0.3) is 10.9 Å². The van der Waals surface area contributed by atoms with Gasteiger partial charge in [0.2, 0.25) is 0 Å². The highest BCUT2D eigenvalue weighted by Crippen LogP contribution is 2.40. The maximum atomic E-state index is 11.5. The second-order valence-corrected chi connectivity index (χ2v) is 5.59. The summed E-state index contributed by atoms with van der Waals surface area (Å²) in [5.74, 6) is -1.91. The number of esters is 1. The van der Waals surface area contributed by atoms with Crippen LogP contribution in [0.3, 0.4) is 0 Å². The molecule has 20 heavy (non-hydrogen) atoms. The Hall–Kier alpha value is -1.53. The number of carbonyl (C=O) groups excluding carboxylic acids is 1. The first kappa shape index (κ1) is 13.5. The predicted molar refractivity (Wildman–Crippen MR) is 76.4 cm³/mol. The largest absolute Gasteiger partial charge is 0.427 e. The van der Waals surface area contributed by atoms with Gasteiger partial charge in [0, 0.05) is 31.0 Å². The lowest BCUT2D eigenvalue weighted by Crippen LogP contribution is -2.29. The number of thioether (sulfide) groups is 1. The molecule has 0 aliphatic carbocycles. The second-order valence-electron chi connectivity index (χ2n) is 4.80. The lowest BCUT2D eigenvalue weighted by Gasteiger charge is -2.21. The minimum Gasteiger partial charge on any atom is -0.427 e. The Morgan fingerprint density at radius 3 is 3.15 bits per heavy atom. The van der Waals surface area contributed by atoms with Crippen LogP contribution in [0.1, 0.15) is 25.5 Å². The van der Waals surface area contributed by atoms with E-state index in [9.17, 15) is 9.90 Å². The number of nitrogens with zero attached hydrogens (tertiary/aromatic N) is 2. The van der Waals surface area contributed by atoms with Gasteiger partial charge in [-0.3, -0.25) is 4.79 Å². The van der Waals surface area contributed by atoms with Crippen LogP contribution >= 0.6 is 11.8 Å². The van der Waals surface area contributed by atoms with Gasteiger partial charge in [-0.1, -0.05) is 6.92 Å². The topological polar surface area (TPSA) is 64.3 Å². The zero-order valence-corrected chi connectivity index (χ0v) is 12.2. The van der Waals surface area contributed by atoms with Crippen LogP contribution < -0.4 is 0 Å². The molecule has 3 heterocycles. The maximum Gasteiger partial charge on any atom is 0.308 e. The molecule has 2 aromatic rings. The first-order valence-corrected chi connectivity index (χ1v) is 7.78. The standard InChI is InChI=1S/C14H16N2O3S/c1-3-12(17)19-14(18)5-7-16-10-4-6-15-13(20-2)9(10)8-11(14)16/h4,6,8,18H,3,5,7H2,1-2H3. The number of aryl methyl sites for hydroxylation is 1. The van der Waals surface area contributed by atoms with E-state index < -0.39 is 11.8 Å². The predicted octanol–water partition coefficient (Wildman–Crippen LogP) is 2.26. The Balaban J connectivity index is 2.12. The van der Waals surface area contributed by atoms with Gasteiger partial charge in [-0.15, -0.1) is 11.8 Å². The third-order valence-corrected chi connectivity index (χ3v) is 4.34. The average Bonchev–Trinajstić information content (AvgIpc) is 2.97. The van der Waals surface area contributed by atoms with Gasteiger partial charge in [0.1, 0.15) is 5.03 Å². The third kappa shape index (κ3) is 1.91. The minimum absolute atomic E-state index is 0.250. The summed E-state index contributed by atoms with van der Waals surface area (Å²) in [6.45, 7) is 2.34. The summed E-state index contributed by atoms with van der Waals surface area (Å²) in [6.07, 6.45) is 4.37. The van der Waals surface area contributed by atoms with Crippen molar-refractivity contribution >= 4 is 28.6 Å². The molecule has 0 aromatic carbocycles. The molecule has 0 radical (unpaired) electrons. The summed E-state index contributed by atoms with van der Waals surface area (Å²) in [4.78, 5) is 15.8. The molecule has 5 nitrogen and oxygen atoms in total. The Morgan fingerprint density at radius 2 is 2.45 bits per heavy atom. The Morgan fingerprint density at radius 1 is 1.65 bits per heavy atom. The van der Waals surface area contributed by atoms with Crippen molar-refractivity contribution in [3.05, 3.63) is 24.0 Å². The van der Waals surface area contributed by atoms with Crippen LogP contribution in [0.2, 0.25) is 0 Å². The molecule has 6 heteroatoms. The number of aromatic nitrogens is 2. The molecule has 1 aliphatic rings. The zero-order chi connectivity index (χ0) is 14.3. The summed E-state index contributed by atoms with van der Waals surface area (Å²) in [7, 11) is 0. The number of carbonyl (C=O) groups is 1. The average molecular weight is 292 g/mol. The number of fused-ring (bicyclic) bond motifs is 3. The number of pyridine rings is 1. The molecule has 0 amide bonds. The molecule has 0 saturated carbocycles. The monoisotopic (exact) mass is 292 g/mol. The Labute approximate surface area is 120 Å². The van der Waals surface area contributed by atoms with E-state index in [1.54, 1.807) is 24.9 Å². The van der Waals surface area contributed by atoms with Crippen molar-refractivity contribution in [3.63, 3.8) is 0 Å². The zero-order valence-electron chi connectivity index (χ0n) is 11.4. The van der Waals surface area contributed by atoms with Gasteiger partial charge < -0.3 is 14.4 Å². The lowest BCUT2D eigenvalue weighted by molar-refractivity contribution is -0.214. The highest BCUT2D eigenvalue weighted by Gasteiger charge is 2.42. The molecular weight excluding hydrogens is 276 g/mol. The van der Waals surface area contributed by atoms with Gasteiger partial charge >= 0.3 is 5.97 Å². The van der Waals surface area contributed by atoms with Crippen molar-refractivity contribution in [1.29, 1.82) is 0 Å². The van der Waals surface area contributed by atoms with Crippen molar-refractivity contribution in [2.75, 3.05) is 6.26 Å². The van der Waals surface area contributed by atoms with E-state index in [4.69, 9.17) is 4.74 Å². The number of ether oxygens (including phenoxy) is 1. The molecule has 3 rings (SSSR count). The molecule has 0 saturated heterocycles. The molecule has 106 valence electrons. The first-order valence-electron chi connectivity index (χ1n) is 6.56. The Bertz CT molecular complexity index is 682. The molecule has 0 spiro atoms. The molecule has 1 unspecified atom stereocenters. The molecule has 1 atom stereocenters. The summed E-state index contributed by atoms with van der Waals surface area (Å²) < 4.78 is 7.25. The SMILES string of the molecule is CCC(=O)OC1(O)CCn2c1cc1c(SC)nccc12. The molecule has 0 fully saturated rings. The van der Waals surface area contributed by atoms with Crippen molar-refractivity contribution < 1.29 is 14.6 Å². The summed E-state index contributed by atoms with van der Waals surface area (Å²) >= 11 is 1.56. The first-order chi connectivity index (χ1) is 9.59. The van der Waals surface area contributed by atoms with Gasteiger partial charge in [0.25, 0.3) is 5.79 Å². The summed E-state index contributed by atoms with van der Waals surface area (Å²) in [5.41, 5.74) is 1.65. The van der Waals surface area contributed by atoms with Crippen molar-refractivity contribution in [2.24, 2.45) is 0 Å². The fraction of sp³-hybridized carbons (Fsp3) is 0.429. The van der Waals surface area contributed by atoms with Crippen LogP contribution in [-0.4, -0.2) is 26.9 Å².